The van der Waals surface area contributed by atoms with E-state index in [0.717, 1.165) is 16.9 Å². The number of primary amides is 1. The fourth-order valence-corrected chi connectivity index (χ4v) is 2.94. The van der Waals surface area contributed by atoms with E-state index in [1.54, 1.807) is 5.38 Å². The molecule has 1 heterocycles. The average Bonchev–Trinajstić information content (AvgIpc) is 3.09. The van der Waals surface area contributed by atoms with E-state index in [-0.39, 0.29) is 30.9 Å². The second-order valence-electron chi connectivity index (χ2n) is 5.50. The zero-order chi connectivity index (χ0) is 19.6. The standard InChI is InChI=1S/C18H19N3O5S/c19-17(25)13-7-9-27-18(13)21-15(23)11-26-16(24)6-8-20-14(22)10-12-4-2-1-3-5-12/h1-5,7,9H,6,8,10-11H2,(H2,19,25)(H,20,22)(H,21,23). The van der Waals surface area contributed by atoms with Gasteiger partial charge in [0.1, 0.15) is 5.00 Å². The van der Waals surface area contributed by atoms with Gasteiger partial charge in [0.2, 0.25) is 5.91 Å². The van der Waals surface area contributed by atoms with Gasteiger partial charge in [0.05, 0.1) is 18.4 Å². The summed E-state index contributed by atoms with van der Waals surface area (Å²) in [4.78, 5) is 46.3. The van der Waals surface area contributed by atoms with Gasteiger partial charge in [0, 0.05) is 6.54 Å². The van der Waals surface area contributed by atoms with Gasteiger partial charge in [-0.25, -0.2) is 0 Å². The molecule has 142 valence electrons. The van der Waals surface area contributed by atoms with Crippen LogP contribution >= 0.6 is 11.3 Å². The van der Waals surface area contributed by atoms with E-state index in [2.05, 4.69) is 10.6 Å². The molecule has 0 bridgehead atoms. The maximum absolute atomic E-state index is 11.8. The second kappa shape index (κ2) is 10.1. The molecular formula is C18H19N3O5S. The molecule has 0 spiro atoms. The number of carbonyl (C=O) groups is 4. The number of hydrogen-bond donors (Lipinski definition) is 3. The van der Waals surface area contributed by atoms with E-state index in [0.29, 0.717) is 5.00 Å². The molecule has 2 rings (SSSR count). The molecule has 9 heteroatoms. The molecule has 0 atom stereocenters. The molecule has 2 aromatic rings. The van der Waals surface area contributed by atoms with Crippen molar-refractivity contribution >= 4 is 40.0 Å². The van der Waals surface area contributed by atoms with Crippen LogP contribution in [0.1, 0.15) is 22.3 Å². The monoisotopic (exact) mass is 389 g/mol. The highest BCUT2D eigenvalue weighted by molar-refractivity contribution is 7.14. The van der Waals surface area contributed by atoms with Gasteiger partial charge >= 0.3 is 5.97 Å². The van der Waals surface area contributed by atoms with Crippen molar-refractivity contribution in [2.75, 3.05) is 18.5 Å². The quantitative estimate of drug-likeness (QED) is 0.553. The Morgan fingerprint density at radius 2 is 1.78 bits per heavy atom. The molecule has 4 N–H and O–H groups in total. The number of ether oxygens (including phenoxy) is 1. The van der Waals surface area contributed by atoms with Crippen molar-refractivity contribution in [1.82, 2.24) is 5.32 Å². The molecule has 0 saturated heterocycles. The lowest BCUT2D eigenvalue weighted by molar-refractivity contribution is -0.147. The summed E-state index contributed by atoms with van der Waals surface area (Å²) < 4.78 is 4.84. The first-order valence-corrected chi connectivity index (χ1v) is 8.97. The Kier molecular flexibility index (Phi) is 7.50. The molecule has 3 amide bonds. The SMILES string of the molecule is NC(=O)c1ccsc1NC(=O)COC(=O)CCNC(=O)Cc1ccccc1. The molecule has 0 aliphatic heterocycles. The number of anilines is 1. The third-order valence-corrected chi connectivity index (χ3v) is 4.24. The highest BCUT2D eigenvalue weighted by Gasteiger charge is 2.14. The van der Waals surface area contributed by atoms with Crippen molar-refractivity contribution in [2.24, 2.45) is 5.73 Å². The summed E-state index contributed by atoms with van der Waals surface area (Å²) in [6.45, 7) is -0.379. The molecule has 0 fully saturated rings. The summed E-state index contributed by atoms with van der Waals surface area (Å²) in [7, 11) is 0. The lowest BCUT2D eigenvalue weighted by atomic mass is 10.1. The van der Waals surface area contributed by atoms with Gasteiger partial charge in [-0.15, -0.1) is 11.3 Å². The predicted molar refractivity (Wildman–Crippen MR) is 100 cm³/mol. The number of esters is 1. The topological polar surface area (TPSA) is 128 Å². The number of nitrogens with one attached hydrogen (secondary N) is 2. The van der Waals surface area contributed by atoms with Crippen molar-refractivity contribution in [2.45, 2.75) is 12.8 Å². The van der Waals surface area contributed by atoms with E-state index in [9.17, 15) is 19.2 Å². The number of thiophene rings is 1. The number of carbonyl (C=O) groups excluding carboxylic acids is 4. The summed E-state index contributed by atoms with van der Waals surface area (Å²) >= 11 is 1.14. The molecule has 0 aliphatic rings. The van der Waals surface area contributed by atoms with E-state index < -0.39 is 24.4 Å². The fourth-order valence-electron chi connectivity index (χ4n) is 2.13. The summed E-state index contributed by atoms with van der Waals surface area (Å²) in [6.07, 6.45) is 0.167. The third kappa shape index (κ3) is 6.90. The van der Waals surface area contributed by atoms with Gasteiger partial charge in [-0.1, -0.05) is 30.3 Å². The van der Waals surface area contributed by atoms with E-state index in [1.807, 2.05) is 30.3 Å². The summed E-state index contributed by atoms with van der Waals surface area (Å²) in [6, 6.07) is 10.7. The Balaban J connectivity index is 1.64. The normalized spacial score (nSPS) is 10.1. The van der Waals surface area contributed by atoms with Gasteiger partial charge in [-0.2, -0.15) is 0 Å². The summed E-state index contributed by atoms with van der Waals surface area (Å²) in [5, 5.41) is 6.99. The van der Waals surface area contributed by atoms with Crippen LogP contribution in [0.25, 0.3) is 0 Å². The van der Waals surface area contributed by atoms with Crippen LogP contribution in [0, 0.1) is 0 Å². The van der Waals surface area contributed by atoms with Crippen molar-refractivity contribution in [3.63, 3.8) is 0 Å². The first-order chi connectivity index (χ1) is 13.0. The van der Waals surface area contributed by atoms with Crippen LogP contribution in [0.5, 0.6) is 0 Å². The highest BCUT2D eigenvalue weighted by Crippen LogP contribution is 2.22. The molecule has 0 unspecified atom stereocenters. The van der Waals surface area contributed by atoms with Crippen LogP contribution in [0.4, 0.5) is 5.00 Å². The maximum Gasteiger partial charge on any atom is 0.308 e. The fraction of sp³-hybridized carbons (Fsp3) is 0.222. The Morgan fingerprint density at radius 3 is 2.48 bits per heavy atom. The molecule has 8 nitrogen and oxygen atoms in total. The maximum atomic E-state index is 11.8. The third-order valence-electron chi connectivity index (χ3n) is 3.41. The van der Waals surface area contributed by atoms with E-state index in [4.69, 9.17) is 10.5 Å². The second-order valence-corrected chi connectivity index (χ2v) is 6.41. The Hall–Kier alpha value is -3.20. The van der Waals surface area contributed by atoms with Gasteiger partial charge in [0.25, 0.3) is 11.8 Å². The van der Waals surface area contributed by atoms with E-state index >= 15 is 0 Å². The van der Waals surface area contributed by atoms with Crippen molar-refractivity contribution in [3.05, 3.63) is 52.9 Å². The highest BCUT2D eigenvalue weighted by atomic mass is 32.1. The van der Waals surface area contributed by atoms with Crippen molar-refractivity contribution in [3.8, 4) is 0 Å². The average molecular weight is 389 g/mol. The van der Waals surface area contributed by atoms with Gasteiger partial charge in [-0.05, 0) is 17.0 Å². The Labute approximate surface area is 159 Å². The zero-order valence-corrected chi connectivity index (χ0v) is 15.2. The van der Waals surface area contributed by atoms with E-state index in [1.165, 1.54) is 6.07 Å². The van der Waals surface area contributed by atoms with Gasteiger partial charge in [0.15, 0.2) is 6.61 Å². The van der Waals surface area contributed by atoms with Crippen LogP contribution in [0.2, 0.25) is 0 Å². The molecule has 1 aromatic carbocycles. The molecule has 27 heavy (non-hydrogen) atoms. The van der Waals surface area contributed by atoms with Crippen LogP contribution in [0.15, 0.2) is 41.8 Å². The zero-order valence-electron chi connectivity index (χ0n) is 14.4. The van der Waals surface area contributed by atoms with Crippen LogP contribution in [0.3, 0.4) is 0 Å². The number of rotatable bonds is 9. The molecule has 1 aromatic heterocycles. The largest absolute Gasteiger partial charge is 0.456 e. The molecule has 0 saturated carbocycles. The van der Waals surface area contributed by atoms with Gasteiger partial charge < -0.3 is 21.1 Å². The van der Waals surface area contributed by atoms with Crippen LogP contribution < -0.4 is 16.4 Å². The minimum Gasteiger partial charge on any atom is -0.456 e. The van der Waals surface area contributed by atoms with Crippen molar-refractivity contribution in [1.29, 1.82) is 0 Å². The number of benzene rings is 1. The number of amides is 3. The molecule has 0 aliphatic carbocycles. The molecule has 0 radical (unpaired) electrons. The predicted octanol–water partition coefficient (Wildman–Crippen LogP) is 1.08. The Morgan fingerprint density at radius 1 is 1.04 bits per heavy atom. The number of nitrogens with two attached hydrogens (primary N) is 1. The molecular weight excluding hydrogens is 370 g/mol. The van der Waals surface area contributed by atoms with Gasteiger partial charge in [-0.3, -0.25) is 19.2 Å². The van der Waals surface area contributed by atoms with Crippen LogP contribution in [-0.2, 0) is 25.5 Å². The number of hydrogen-bond acceptors (Lipinski definition) is 6. The minimum atomic E-state index is -0.658. The Bertz CT molecular complexity index is 819. The first kappa shape index (κ1) is 20.1. The smallest absolute Gasteiger partial charge is 0.308 e. The summed E-state index contributed by atoms with van der Waals surface area (Å²) in [5.74, 6) is -2.06. The minimum absolute atomic E-state index is 0.0562. The summed E-state index contributed by atoms with van der Waals surface area (Å²) in [5.41, 5.74) is 6.25. The van der Waals surface area contributed by atoms with Crippen LogP contribution in [-0.4, -0.2) is 36.8 Å². The van der Waals surface area contributed by atoms with Crippen molar-refractivity contribution < 1.29 is 23.9 Å². The lowest BCUT2D eigenvalue weighted by Gasteiger charge is -2.07. The lowest BCUT2D eigenvalue weighted by Crippen LogP contribution is -2.29. The first-order valence-electron chi connectivity index (χ1n) is 8.09.